The van der Waals surface area contributed by atoms with Crippen LogP contribution in [0.25, 0.3) is 0 Å². The Morgan fingerprint density at radius 1 is 1.24 bits per heavy atom. The van der Waals surface area contributed by atoms with Crippen LogP contribution in [0.4, 0.5) is 18.9 Å². The van der Waals surface area contributed by atoms with E-state index in [1.54, 1.807) is 12.4 Å². The van der Waals surface area contributed by atoms with E-state index in [1.807, 2.05) is 29.8 Å². The van der Waals surface area contributed by atoms with Crippen LogP contribution >= 0.6 is 0 Å². The molecule has 204 valence electrons. The van der Waals surface area contributed by atoms with Gasteiger partial charge in [0.25, 0.3) is 0 Å². The fourth-order valence-electron chi connectivity index (χ4n) is 5.18. The van der Waals surface area contributed by atoms with Gasteiger partial charge in [-0.2, -0.15) is 17.5 Å². The summed E-state index contributed by atoms with van der Waals surface area (Å²) in [7, 11) is -1.54. The van der Waals surface area contributed by atoms with Crippen LogP contribution < -0.4 is 10.6 Å². The van der Waals surface area contributed by atoms with Gasteiger partial charge < -0.3 is 15.2 Å². The first kappa shape index (κ1) is 26.5. The highest BCUT2D eigenvalue weighted by atomic mass is 32.2. The zero-order valence-corrected chi connectivity index (χ0v) is 21.9. The molecule has 1 aromatic carbocycles. The lowest BCUT2D eigenvalue weighted by Crippen LogP contribution is -2.39. The Balaban J connectivity index is 1.36. The van der Waals surface area contributed by atoms with Crippen molar-refractivity contribution >= 4 is 15.7 Å². The molecule has 38 heavy (non-hydrogen) atoms. The number of anilines is 1. The number of rotatable bonds is 7. The van der Waals surface area contributed by atoms with Crippen LogP contribution in [0.5, 0.6) is 0 Å². The van der Waals surface area contributed by atoms with Crippen molar-refractivity contribution < 1.29 is 21.6 Å². The molecule has 3 aliphatic rings. The largest absolute Gasteiger partial charge is 0.418 e. The molecule has 1 saturated heterocycles. The first-order valence-electron chi connectivity index (χ1n) is 12.7. The van der Waals surface area contributed by atoms with E-state index in [4.69, 9.17) is 0 Å². The number of aromatic nitrogens is 3. The number of dihydropyridines is 1. The molecule has 1 saturated carbocycles. The molecule has 3 heterocycles. The summed E-state index contributed by atoms with van der Waals surface area (Å²) in [5.41, 5.74) is 0.937. The van der Waals surface area contributed by atoms with Crippen LogP contribution in [0.1, 0.15) is 49.4 Å². The third kappa shape index (κ3) is 5.65. The monoisotopic (exact) mass is 548 g/mol. The highest BCUT2D eigenvalue weighted by Gasteiger charge is 2.38. The third-order valence-corrected chi connectivity index (χ3v) is 9.33. The number of aryl methyl sites for hydroxylation is 1. The minimum absolute atomic E-state index is 0.0238. The molecule has 1 aromatic heterocycles. The molecule has 0 unspecified atom stereocenters. The van der Waals surface area contributed by atoms with Gasteiger partial charge in [-0.25, -0.2) is 8.42 Å². The van der Waals surface area contributed by atoms with Crippen molar-refractivity contribution in [3.05, 3.63) is 77.3 Å². The van der Waals surface area contributed by atoms with Crippen LogP contribution in [-0.4, -0.2) is 52.5 Å². The van der Waals surface area contributed by atoms with Gasteiger partial charge in [-0.15, -0.1) is 10.2 Å². The Labute approximate surface area is 220 Å². The Bertz CT molecular complexity index is 1380. The average Bonchev–Trinajstić information content (AvgIpc) is 3.26. The van der Waals surface area contributed by atoms with E-state index < -0.39 is 21.8 Å². The zero-order valence-electron chi connectivity index (χ0n) is 21.1. The highest BCUT2D eigenvalue weighted by Crippen LogP contribution is 2.43. The van der Waals surface area contributed by atoms with Gasteiger partial charge in [0, 0.05) is 44.1 Å². The molecule has 2 fully saturated rings. The molecular weight excluding hydrogens is 517 g/mol. The van der Waals surface area contributed by atoms with Gasteiger partial charge in [-0.1, -0.05) is 18.6 Å². The maximum absolute atomic E-state index is 14.0. The van der Waals surface area contributed by atoms with Crippen molar-refractivity contribution in [2.45, 2.75) is 44.2 Å². The van der Waals surface area contributed by atoms with E-state index in [-0.39, 0.29) is 29.5 Å². The summed E-state index contributed by atoms with van der Waals surface area (Å²) >= 11 is 0. The van der Waals surface area contributed by atoms with E-state index in [2.05, 4.69) is 20.8 Å². The second-order valence-electron chi connectivity index (χ2n) is 10.1. The number of alkyl halides is 3. The smallest absolute Gasteiger partial charge is 0.360 e. The predicted molar refractivity (Wildman–Crippen MR) is 138 cm³/mol. The molecular formula is C26H31F3N6O2S. The zero-order chi connectivity index (χ0) is 26.9. The highest BCUT2D eigenvalue weighted by molar-refractivity contribution is 7.89. The van der Waals surface area contributed by atoms with Crippen molar-refractivity contribution in [3.63, 3.8) is 0 Å². The number of benzene rings is 1. The molecule has 1 aliphatic carbocycles. The molecule has 8 nitrogen and oxygen atoms in total. The molecule has 2 N–H and O–H groups in total. The van der Waals surface area contributed by atoms with Crippen molar-refractivity contribution in [1.82, 2.24) is 24.4 Å². The maximum atomic E-state index is 14.0. The summed E-state index contributed by atoms with van der Waals surface area (Å²) in [6, 6.07) is 7.64. The number of nitrogens with one attached hydrogen (secondary N) is 2. The Morgan fingerprint density at radius 3 is 2.71 bits per heavy atom. The summed E-state index contributed by atoms with van der Waals surface area (Å²) in [5.74, 6) is 1.39. The molecule has 2 aliphatic heterocycles. The topological polar surface area (TPSA) is 92.2 Å². The van der Waals surface area contributed by atoms with Gasteiger partial charge in [0.2, 0.25) is 10.0 Å². The summed E-state index contributed by atoms with van der Waals surface area (Å²) < 4.78 is 69.7. The minimum Gasteiger partial charge on any atom is -0.360 e. The molecule has 5 rings (SSSR count). The standard InChI is InChI=1S/C26H31F3N6O2S/c1-34-17-32-33-25(34)24(19-6-4-7-19)20-8-5-9-21(13-20)30-15-23-22(26(27,28)29)12-18(14-31-23)16-35-10-2-3-11-38(35,36)37/h5,8-9,12-15,17,19,24,30-31H,2-4,6-7,10-11,16H2,1H3/b23-15-/t24-/m1/s1. The van der Waals surface area contributed by atoms with Crippen molar-refractivity contribution in [2.75, 3.05) is 24.2 Å². The van der Waals surface area contributed by atoms with Gasteiger partial charge in [-0.05, 0) is 60.9 Å². The molecule has 2 aromatic rings. The SMILES string of the molecule is Cn1cnnc1[C@@H](c1cccc(N/C=C2\NC=C(CN3CCCCS3(=O)=O)C=C2C(F)(F)F)c1)C1CCC1. The average molecular weight is 549 g/mol. The molecule has 0 spiro atoms. The lowest BCUT2D eigenvalue weighted by atomic mass is 9.72. The quantitative estimate of drug-likeness (QED) is 0.533. The fourth-order valence-corrected chi connectivity index (χ4v) is 6.76. The summed E-state index contributed by atoms with van der Waals surface area (Å²) in [6.07, 6.45) is 5.42. The second-order valence-corrected chi connectivity index (χ2v) is 12.2. The van der Waals surface area contributed by atoms with Crippen LogP contribution in [0.2, 0.25) is 0 Å². The van der Waals surface area contributed by atoms with E-state index >= 15 is 0 Å². The normalized spacial score (nSPS) is 22.3. The Hall–Kier alpha value is -3.12. The third-order valence-electron chi connectivity index (χ3n) is 7.43. The number of allylic oxidation sites excluding steroid dienone is 1. The van der Waals surface area contributed by atoms with Gasteiger partial charge in [0.1, 0.15) is 12.2 Å². The minimum atomic E-state index is -4.62. The number of hydrogen-bond acceptors (Lipinski definition) is 6. The molecule has 12 heteroatoms. The van der Waals surface area contributed by atoms with Gasteiger partial charge in [-0.3, -0.25) is 0 Å². The number of sulfonamides is 1. The van der Waals surface area contributed by atoms with E-state index in [1.165, 1.54) is 23.1 Å². The van der Waals surface area contributed by atoms with Crippen molar-refractivity contribution in [2.24, 2.45) is 13.0 Å². The van der Waals surface area contributed by atoms with Crippen LogP contribution in [0.3, 0.4) is 0 Å². The summed E-state index contributed by atoms with van der Waals surface area (Å²) in [5, 5.41) is 14.1. The summed E-state index contributed by atoms with van der Waals surface area (Å²) in [4.78, 5) is 0. The van der Waals surface area contributed by atoms with Gasteiger partial charge >= 0.3 is 6.18 Å². The van der Waals surface area contributed by atoms with Gasteiger partial charge in [0.05, 0.1) is 17.0 Å². The molecule has 0 amide bonds. The van der Waals surface area contributed by atoms with Crippen molar-refractivity contribution in [1.29, 1.82) is 0 Å². The maximum Gasteiger partial charge on any atom is 0.418 e. The van der Waals surface area contributed by atoms with Crippen LogP contribution in [-0.2, 0) is 17.1 Å². The number of nitrogens with zero attached hydrogens (tertiary/aromatic N) is 4. The lowest BCUT2D eigenvalue weighted by molar-refractivity contribution is -0.0899. The Kier molecular flexibility index (Phi) is 7.36. The first-order valence-corrected chi connectivity index (χ1v) is 14.4. The molecule has 1 atom stereocenters. The van der Waals surface area contributed by atoms with Crippen molar-refractivity contribution in [3.8, 4) is 0 Å². The first-order chi connectivity index (χ1) is 18.1. The van der Waals surface area contributed by atoms with Crippen LogP contribution in [0, 0.1) is 5.92 Å². The van der Waals surface area contributed by atoms with Crippen LogP contribution in [0.15, 0.2) is 65.9 Å². The fraction of sp³-hybridized carbons (Fsp3) is 0.462. The second kappa shape index (κ2) is 10.6. The number of hydrogen-bond donors (Lipinski definition) is 2. The summed E-state index contributed by atoms with van der Waals surface area (Å²) in [6.45, 7) is 0.216. The number of halogens is 3. The van der Waals surface area contributed by atoms with Gasteiger partial charge in [0.15, 0.2) is 0 Å². The Morgan fingerprint density at radius 2 is 2.05 bits per heavy atom. The molecule has 0 radical (unpaired) electrons. The van der Waals surface area contributed by atoms with E-state index in [9.17, 15) is 21.6 Å². The molecule has 0 bridgehead atoms. The van der Waals surface area contributed by atoms with E-state index in [0.29, 0.717) is 31.0 Å². The predicted octanol–water partition coefficient (Wildman–Crippen LogP) is 4.40. The van der Waals surface area contributed by atoms with E-state index in [0.717, 1.165) is 30.3 Å². The lowest BCUT2D eigenvalue weighted by Gasteiger charge is -2.33.